The van der Waals surface area contributed by atoms with E-state index in [-0.39, 0.29) is 12.3 Å². The predicted octanol–water partition coefficient (Wildman–Crippen LogP) is 2.35. The fraction of sp³-hybridized carbons (Fsp3) is 0.0625. The quantitative estimate of drug-likeness (QED) is 0.774. The first kappa shape index (κ1) is 14.7. The summed E-state index contributed by atoms with van der Waals surface area (Å²) in [4.78, 5) is 25.4. The number of nitrogens with zero attached hydrogens (tertiary/aromatic N) is 1. The van der Waals surface area contributed by atoms with Crippen molar-refractivity contribution in [2.24, 2.45) is 0 Å². The van der Waals surface area contributed by atoms with E-state index in [1.54, 1.807) is 30.3 Å². The molecule has 0 aliphatic carbocycles. The maximum atomic E-state index is 13.1. The minimum absolute atomic E-state index is 0.104. The highest BCUT2D eigenvalue weighted by atomic mass is 19.1. The lowest BCUT2D eigenvalue weighted by molar-refractivity contribution is -0.115. The summed E-state index contributed by atoms with van der Waals surface area (Å²) in [7, 11) is 0. The van der Waals surface area contributed by atoms with Crippen molar-refractivity contribution in [1.82, 2.24) is 10.1 Å². The molecule has 1 amide bonds. The summed E-state index contributed by atoms with van der Waals surface area (Å²) in [6.45, 7) is 0. The van der Waals surface area contributed by atoms with Crippen LogP contribution in [0.15, 0.2) is 57.8 Å². The lowest BCUT2D eigenvalue weighted by Gasteiger charge is -2.06. The van der Waals surface area contributed by atoms with Crippen LogP contribution in [-0.2, 0) is 11.2 Å². The zero-order valence-electron chi connectivity index (χ0n) is 11.9. The molecule has 3 aromatic rings. The predicted molar refractivity (Wildman–Crippen MR) is 81.3 cm³/mol. The van der Waals surface area contributed by atoms with Gasteiger partial charge in [-0.2, -0.15) is 0 Å². The van der Waals surface area contributed by atoms with E-state index in [9.17, 15) is 14.0 Å². The number of anilines is 1. The maximum Gasteiger partial charge on any atom is 0.439 e. The monoisotopic (exact) mass is 313 g/mol. The molecule has 0 radical (unpaired) electrons. The highest BCUT2D eigenvalue weighted by Crippen LogP contribution is 2.16. The molecule has 0 fully saturated rings. The molecule has 116 valence electrons. The van der Waals surface area contributed by atoms with Gasteiger partial charge in [-0.1, -0.05) is 29.4 Å². The number of nitrogens with one attached hydrogen (secondary N) is 2. The van der Waals surface area contributed by atoms with Crippen LogP contribution in [0.4, 0.5) is 10.1 Å². The van der Waals surface area contributed by atoms with Crippen LogP contribution in [0, 0.1) is 5.82 Å². The Bertz CT molecular complexity index is 901. The Balaban J connectivity index is 1.72. The van der Waals surface area contributed by atoms with Crippen molar-refractivity contribution in [3.63, 3.8) is 0 Å². The molecule has 7 heteroatoms. The molecule has 3 rings (SSSR count). The van der Waals surface area contributed by atoms with Crippen molar-refractivity contribution in [1.29, 1.82) is 0 Å². The number of aromatic nitrogens is 2. The van der Waals surface area contributed by atoms with Crippen LogP contribution in [0.1, 0.15) is 5.56 Å². The van der Waals surface area contributed by atoms with E-state index >= 15 is 0 Å². The second-order valence-electron chi connectivity index (χ2n) is 4.88. The Morgan fingerprint density at radius 3 is 2.78 bits per heavy atom. The van der Waals surface area contributed by atoms with E-state index in [4.69, 9.17) is 0 Å². The Hall–Kier alpha value is -3.22. The topological polar surface area (TPSA) is 88.0 Å². The van der Waals surface area contributed by atoms with Crippen LogP contribution < -0.4 is 11.1 Å². The molecular formula is C16H12FN3O3. The molecule has 0 bridgehead atoms. The van der Waals surface area contributed by atoms with Crippen LogP contribution >= 0.6 is 0 Å². The summed E-state index contributed by atoms with van der Waals surface area (Å²) in [5, 5.41) is 6.22. The van der Waals surface area contributed by atoms with Gasteiger partial charge in [-0.15, -0.1) is 0 Å². The van der Waals surface area contributed by atoms with Gasteiger partial charge in [0.15, 0.2) is 5.82 Å². The van der Waals surface area contributed by atoms with Crippen molar-refractivity contribution >= 4 is 11.6 Å². The van der Waals surface area contributed by atoms with Gasteiger partial charge in [0.2, 0.25) is 5.91 Å². The zero-order chi connectivity index (χ0) is 16.2. The molecule has 0 aliphatic rings. The fourth-order valence-corrected chi connectivity index (χ4v) is 2.14. The van der Waals surface area contributed by atoms with Gasteiger partial charge in [-0.05, 0) is 29.8 Å². The Kier molecular flexibility index (Phi) is 4.01. The number of H-pyrrole nitrogens is 1. The van der Waals surface area contributed by atoms with Gasteiger partial charge in [0.25, 0.3) is 0 Å². The van der Waals surface area contributed by atoms with E-state index < -0.39 is 11.6 Å². The molecule has 0 aliphatic heterocycles. The van der Waals surface area contributed by atoms with Gasteiger partial charge < -0.3 is 5.32 Å². The van der Waals surface area contributed by atoms with Crippen LogP contribution in [0.3, 0.4) is 0 Å². The number of hydrogen-bond donors (Lipinski definition) is 2. The molecular weight excluding hydrogens is 301 g/mol. The molecule has 0 saturated carbocycles. The number of aromatic amines is 1. The molecule has 2 N–H and O–H groups in total. The minimum atomic E-state index is -0.644. The third-order valence-corrected chi connectivity index (χ3v) is 3.11. The average molecular weight is 313 g/mol. The number of hydrogen-bond acceptors (Lipinski definition) is 4. The smallest absolute Gasteiger partial charge is 0.326 e. The van der Waals surface area contributed by atoms with E-state index in [2.05, 4.69) is 20.0 Å². The number of amides is 1. The zero-order valence-corrected chi connectivity index (χ0v) is 11.9. The van der Waals surface area contributed by atoms with E-state index in [0.717, 1.165) is 5.56 Å². The first-order valence-electron chi connectivity index (χ1n) is 6.81. The largest absolute Gasteiger partial charge is 0.439 e. The number of halogens is 1. The normalized spacial score (nSPS) is 10.5. The molecule has 2 aromatic carbocycles. The van der Waals surface area contributed by atoms with Gasteiger partial charge in [0.05, 0.1) is 6.42 Å². The van der Waals surface area contributed by atoms with Crippen molar-refractivity contribution in [3.05, 3.63) is 70.5 Å². The summed E-state index contributed by atoms with van der Waals surface area (Å²) in [6.07, 6.45) is 0.104. The summed E-state index contributed by atoms with van der Waals surface area (Å²) >= 11 is 0. The first-order valence-corrected chi connectivity index (χ1v) is 6.81. The maximum absolute atomic E-state index is 13.1. The standard InChI is InChI=1S/C16H12FN3O3/c17-12-5-2-6-13(9-12)18-14(21)8-10-3-1-4-11(7-10)15-19-16(22)23-20-15/h1-7,9H,8H2,(H,18,21)(H,19,20,22). The minimum Gasteiger partial charge on any atom is -0.326 e. The third-order valence-electron chi connectivity index (χ3n) is 3.11. The van der Waals surface area contributed by atoms with Crippen LogP contribution in [0.25, 0.3) is 11.4 Å². The Labute approximate surface area is 129 Å². The van der Waals surface area contributed by atoms with Gasteiger partial charge in [-0.3, -0.25) is 14.3 Å². The highest BCUT2D eigenvalue weighted by molar-refractivity contribution is 5.92. The molecule has 0 unspecified atom stereocenters. The second kappa shape index (κ2) is 6.27. The van der Waals surface area contributed by atoms with Crippen LogP contribution in [0.5, 0.6) is 0 Å². The number of carbonyl (C=O) groups is 1. The van der Waals surface area contributed by atoms with Crippen LogP contribution in [0.2, 0.25) is 0 Å². The molecule has 6 nitrogen and oxygen atoms in total. The van der Waals surface area contributed by atoms with Gasteiger partial charge in [0, 0.05) is 11.3 Å². The van der Waals surface area contributed by atoms with Crippen molar-refractivity contribution in [3.8, 4) is 11.4 Å². The van der Waals surface area contributed by atoms with Crippen molar-refractivity contribution in [2.75, 3.05) is 5.32 Å². The molecule has 23 heavy (non-hydrogen) atoms. The fourth-order valence-electron chi connectivity index (χ4n) is 2.14. The van der Waals surface area contributed by atoms with Gasteiger partial charge in [0.1, 0.15) is 5.82 Å². The summed E-state index contributed by atoms with van der Waals surface area (Å²) in [5.74, 6) is -1.04. The lowest BCUT2D eigenvalue weighted by atomic mass is 10.1. The van der Waals surface area contributed by atoms with Crippen molar-refractivity contribution < 1.29 is 13.7 Å². The third kappa shape index (κ3) is 3.70. The van der Waals surface area contributed by atoms with E-state index in [1.807, 2.05) is 0 Å². The molecule has 0 saturated heterocycles. The van der Waals surface area contributed by atoms with Gasteiger partial charge >= 0.3 is 5.76 Å². The summed E-state index contributed by atoms with van der Waals surface area (Å²) < 4.78 is 17.5. The van der Waals surface area contributed by atoms with E-state index in [0.29, 0.717) is 17.1 Å². The van der Waals surface area contributed by atoms with Crippen molar-refractivity contribution in [2.45, 2.75) is 6.42 Å². The SMILES string of the molecule is O=C(Cc1cccc(-c2noc(=O)[nH]2)c1)Nc1cccc(F)c1. The first-order chi connectivity index (χ1) is 11.1. The second-order valence-corrected chi connectivity index (χ2v) is 4.88. The van der Waals surface area contributed by atoms with E-state index in [1.165, 1.54) is 18.2 Å². The number of rotatable bonds is 4. The summed E-state index contributed by atoms with van der Waals surface area (Å²) in [5.41, 5.74) is 1.75. The lowest BCUT2D eigenvalue weighted by Crippen LogP contribution is -2.14. The Morgan fingerprint density at radius 2 is 2.04 bits per heavy atom. The molecule has 0 spiro atoms. The van der Waals surface area contributed by atoms with Gasteiger partial charge in [-0.25, -0.2) is 9.18 Å². The Morgan fingerprint density at radius 1 is 1.22 bits per heavy atom. The summed E-state index contributed by atoms with van der Waals surface area (Å²) in [6, 6.07) is 12.6. The molecule has 1 heterocycles. The molecule has 1 aromatic heterocycles. The highest BCUT2D eigenvalue weighted by Gasteiger charge is 2.08. The number of carbonyl (C=O) groups excluding carboxylic acids is 1. The molecule has 0 atom stereocenters. The average Bonchev–Trinajstić information content (AvgIpc) is 2.94. The number of benzene rings is 2. The van der Waals surface area contributed by atoms with Crippen LogP contribution in [-0.4, -0.2) is 16.0 Å².